The molecule has 0 spiro atoms. The fourth-order valence-electron chi connectivity index (χ4n) is 4.43. The summed E-state index contributed by atoms with van der Waals surface area (Å²) >= 11 is 0. The number of nitrogens with two attached hydrogens (primary N) is 1. The van der Waals surface area contributed by atoms with Gasteiger partial charge in [-0.25, -0.2) is 18.5 Å². The average molecular weight is 518 g/mol. The van der Waals surface area contributed by atoms with Crippen LogP contribution in [-0.2, 0) is 21.4 Å². The minimum atomic E-state index is -3.74. The zero-order valence-electron chi connectivity index (χ0n) is 20.1. The number of hydrogen-bond acceptors (Lipinski definition) is 7. The highest BCUT2D eigenvalue weighted by molar-refractivity contribution is 7.89. The molecule has 11 heteroatoms. The topological polar surface area (TPSA) is 136 Å². The fourth-order valence-corrected chi connectivity index (χ4v) is 4.95. The second-order valence-corrected chi connectivity index (χ2v) is 10.5. The number of imidazole rings is 1. The fraction of sp³-hybridized carbons (Fsp3) is 0.231. The molecule has 1 aliphatic heterocycles. The Morgan fingerprint density at radius 3 is 2.43 bits per heavy atom. The molecule has 1 atom stereocenters. The molecule has 10 nitrogen and oxygen atoms in total. The van der Waals surface area contributed by atoms with Crippen LogP contribution < -0.4 is 15.4 Å². The summed E-state index contributed by atoms with van der Waals surface area (Å²) in [5.41, 5.74) is 1.79. The van der Waals surface area contributed by atoms with Crippen molar-refractivity contribution in [2.24, 2.45) is 11.1 Å². The van der Waals surface area contributed by atoms with E-state index >= 15 is 0 Å². The van der Waals surface area contributed by atoms with Gasteiger partial charge in [-0.15, -0.1) is 10.2 Å². The normalized spacial score (nSPS) is 15.9. The summed E-state index contributed by atoms with van der Waals surface area (Å²) < 4.78 is 24.7. The first-order valence-corrected chi connectivity index (χ1v) is 13.5. The maximum absolute atomic E-state index is 12.9. The summed E-state index contributed by atoms with van der Waals surface area (Å²) in [4.78, 5) is 19.4. The van der Waals surface area contributed by atoms with Gasteiger partial charge >= 0.3 is 0 Å². The van der Waals surface area contributed by atoms with E-state index in [1.807, 2.05) is 53.2 Å². The molecule has 190 valence electrons. The van der Waals surface area contributed by atoms with Gasteiger partial charge in [-0.05, 0) is 42.7 Å². The molecule has 0 radical (unpaired) electrons. The molecular weight excluding hydrogens is 490 g/mol. The zero-order valence-corrected chi connectivity index (χ0v) is 20.9. The van der Waals surface area contributed by atoms with E-state index in [0.717, 1.165) is 42.2 Å². The molecule has 37 heavy (non-hydrogen) atoms. The van der Waals surface area contributed by atoms with E-state index in [0.29, 0.717) is 18.9 Å². The largest absolute Gasteiger partial charge is 0.354 e. The number of benzene rings is 2. The third-order valence-corrected chi connectivity index (χ3v) is 7.32. The SMILES string of the molecule is NS(=O)(=O)c1ccc(CNC(=O)C2CCCN(c3ccc(-n4ccnc4-c4ccccc4)nn3)C2)cc1. The van der Waals surface area contributed by atoms with Crippen molar-refractivity contribution in [2.45, 2.75) is 24.3 Å². The quantitative estimate of drug-likeness (QED) is 0.384. The number of sulfonamides is 1. The first-order chi connectivity index (χ1) is 17.9. The molecule has 0 saturated carbocycles. The molecule has 0 bridgehead atoms. The summed E-state index contributed by atoms with van der Waals surface area (Å²) in [6, 6.07) is 19.9. The summed E-state index contributed by atoms with van der Waals surface area (Å²) in [5.74, 6) is 1.95. The molecule has 1 saturated heterocycles. The van der Waals surface area contributed by atoms with Crippen molar-refractivity contribution < 1.29 is 13.2 Å². The number of piperidine rings is 1. The van der Waals surface area contributed by atoms with Gasteiger partial charge in [0, 0.05) is 37.6 Å². The van der Waals surface area contributed by atoms with Crippen molar-refractivity contribution in [1.82, 2.24) is 25.1 Å². The summed E-state index contributed by atoms with van der Waals surface area (Å²) in [7, 11) is -3.74. The predicted octanol–water partition coefficient (Wildman–Crippen LogP) is 2.51. The number of anilines is 1. The zero-order chi connectivity index (χ0) is 25.8. The van der Waals surface area contributed by atoms with E-state index in [9.17, 15) is 13.2 Å². The number of nitrogens with zero attached hydrogens (tertiary/aromatic N) is 5. The second kappa shape index (κ2) is 10.5. The molecule has 4 aromatic rings. The molecule has 3 heterocycles. The summed E-state index contributed by atoms with van der Waals surface area (Å²) in [6.07, 6.45) is 5.24. The minimum absolute atomic E-state index is 0.0435. The van der Waals surface area contributed by atoms with Crippen molar-refractivity contribution in [3.8, 4) is 17.2 Å². The van der Waals surface area contributed by atoms with Gasteiger partial charge in [-0.3, -0.25) is 9.36 Å². The number of rotatable bonds is 7. The third-order valence-electron chi connectivity index (χ3n) is 6.39. The summed E-state index contributed by atoms with van der Waals surface area (Å²) in [6.45, 7) is 1.65. The standard InChI is InChI=1S/C26H27N7O3S/c27-37(35,36)22-10-8-19(9-11-22)17-29-26(34)21-7-4-15-32(18-21)23-12-13-24(31-30-23)33-16-14-28-25(33)20-5-2-1-3-6-20/h1-3,5-6,8-14,16,21H,4,7,15,17-18H2,(H,29,34)(H2,27,35,36). The maximum Gasteiger partial charge on any atom is 0.238 e. The van der Waals surface area contributed by atoms with Crippen LogP contribution in [-0.4, -0.2) is 47.2 Å². The van der Waals surface area contributed by atoms with Crippen molar-refractivity contribution in [1.29, 1.82) is 0 Å². The molecule has 1 fully saturated rings. The van der Waals surface area contributed by atoms with E-state index in [1.165, 1.54) is 12.1 Å². The summed E-state index contributed by atoms with van der Waals surface area (Å²) in [5, 5.41) is 17.0. The monoisotopic (exact) mass is 517 g/mol. The van der Waals surface area contributed by atoms with Crippen LogP contribution in [0, 0.1) is 5.92 Å². The lowest BCUT2D eigenvalue weighted by atomic mass is 9.97. The predicted molar refractivity (Wildman–Crippen MR) is 139 cm³/mol. The Morgan fingerprint density at radius 2 is 1.73 bits per heavy atom. The van der Waals surface area contributed by atoms with Gasteiger partial charge in [0.05, 0.1) is 10.8 Å². The number of carbonyl (C=O) groups excluding carboxylic acids is 1. The Kier molecular flexibility index (Phi) is 6.97. The smallest absolute Gasteiger partial charge is 0.238 e. The molecule has 1 unspecified atom stereocenters. The van der Waals surface area contributed by atoms with Crippen LogP contribution in [0.15, 0.2) is 84.0 Å². The van der Waals surface area contributed by atoms with Crippen LogP contribution in [0.5, 0.6) is 0 Å². The molecule has 1 aliphatic rings. The van der Waals surface area contributed by atoms with Crippen LogP contribution in [0.1, 0.15) is 18.4 Å². The van der Waals surface area contributed by atoms with Gasteiger partial charge in [-0.2, -0.15) is 0 Å². The molecule has 5 rings (SSSR count). The number of nitrogens with one attached hydrogen (secondary N) is 1. The molecule has 3 N–H and O–H groups in total. The van der Waals surface area contributed by atoms with Crippen LogP contribution in [0.3, 0.4) is 0 Å². The van der Waals surface area contributed by atoms with Gasteiger partial charge in [0.1, 0.15) is 5.82 Å². The van der Waals surface area contributed by atoms with E-state index in [4.69, 9.17) is 5.14 Å². The average Bonchev–Trinajstić information content (AvgIpc) is 3.42. The van der Waals surface area contributed by atoms with Crippen molar-refractivity contribution in [3.63, 3.8) is 0 Å². The van der Waals surface area contributed by atoms with E-state index in [2.05, 4.69) is 25.4 Å². The number of primary sulfonamides is 1. The first-order valence-electron chi connectivity index (χ1n) is 12.0. The van der Waals surface area contributed by atoms with E-state index < -0.39 is 10.0 Å². The minimum Gasteiger partial charge on any atom is -0.354 e. The number of amides is 1. The van der Waals surface area contributed by atoms with E-state index in [-0.39, 0.29) is 16.7 Å². The Hall–Kier alpha value is -4.09. The maximum atomic E-state index is 12.9. The van der Waals surface area contributed by atoms with Crippen molar-refractivity contribution in [2.75, 3.05) is 18.0 Å². The van der Waals surface area contributed by atoms with Crippen molar-refractivity contribution in [3.05, 3.63) is 84.7 Å². The Morgan fingerprint density at radius 1 is 1.00 bits per heavy atom. The lowest BCUT2D eigenvalue weighted by molar-refractivity contribution is -0.125. The lowest BCUT2D eigenvalue weighted by Gasteiger charge is -2.32. The Balaban J connectivity index is 1.21. The van der Waals surface area contributed by atoms with Gasteiger partial charge in [-0.1, -0.05) is 42.5 Å². The van der Waals surface area contributed by atoms with Crippen LogP contribution in [0.25, 0.3) is 17.2 Å². The Bertz CT molecular complexity index is 1470. The number of aromatic nitrogens is 4. The van der Waals surface area contributed by atoms with E-state index in [1.54, 1.807) is 18.3 Å². The molecular formula is C26H27N7O3S. The third kappa shape index (κ3) is 5.68. The highest BCUT2D eigenvalue weighted by Crippen LogP contribution is 2.24. The van der Waals surface area contributed by atoms with Gasteiger partial charge in [0.15, 0.2) is 11.6 Å². The van der Waals surface area contributed by atoms with Gasteiger partial charge in [0.2, 0.25) is 15.9 Å². The molecule has 2 aromatic carbocycles. The first kappa shape index (κ1) is 24.6. The van der Waals surface area contributed by atoms with Crippen molar-refractivity contribution >= 4 is 21.7 Å². The van der Waals surface area contributed by atoms with Crippen LogP contribution in [0.2, 0.25) is 0 Å². The molecule has 0 aliphatic carbocycles. The molecule has 1 amide bonds. The molecule has 2 aromatic heterocycles. The van der Waals surface area contributed by atoms with Crippen LogP contribution in [0.4, 0.5) is 5.82 Å². The Labute approximate surface area is 215 Å². The van der Waals surface area contributed by atoms with Gasteiger partial charge in [0.25, 0.3) is 0 Å². The number of carbonyl (C=O) groups is 1. The lowest BCUT2D eigenvalue weighted by Crippen LogP contribution is -2.43. The van der Waals surface area contributed by atoms with Crippen LogP contribution >= 0.6 is 0 Å². The second-order valence-electron chi connectivity index (χ2n) is 8.93. The number of hydrogen-bond donors (Lipinski definition) is 2. The highest BCUT2D eigenvalue weighted by Gasteiger charge is 2.26. The van der Waals surface area contributed by atoms with Gasteiger partial charge < -0.3 is 10.2 Å². The highest BCUT2D eigenvalue weighted by atomic mass is 32.2.